The van der Waals surface area contributed by atoms with E-state index < -0.39 is 0 Å². The van der Waals surface area contributed by atoms with Crippen LogP contribution < -0.4 is 5.32 Å². The van der Waals surface area contributed by atoms with Crippen LogP contribution in [0.3, 0.4) is 0 Å². The van der Waals surface area contributed by atoms with Crippen molar-refractivity contribution in [2.45, 2.75) is 37.7 Å². The monoisotopic (exact) mass is 442 g/mol. The molecule has 1 N–H and O–H groups in total. The number of aromatic nitrogens is 3. The molecule has 0 saturated heterocycles. The Kier molecular flexibility index (Phi) is 6.71. The number of hydrogen-bond acceptors (Lipinski definition) is 4. The number of thioether (sulfide) groups is 1. The van der Waals surface area contributed by atoms with Gasteiger partial charge in [0.05, 0.1) is 6.04 Å². The van der Waals surface area contributed by atoms with Crippen molar-refractivity contribution in [2.24, 2.45) is 0 Å². The van der Waals surface area contributed by atoms with Crippen LogP contribution in [0.4, 0.5) is 0 Å². The lowest BCUT2D eigenvalue weighted by Crippen LogP contribution is -2.28. The summed E-state index contributed by atoms with van der Waals surface area (Å²) in [6.07, 6.45) is 0. The minimum Gasteiger partial charge on any atom is -0.342 e. The van der Waals surface area contributed by atoms with Crippen LogP contribution in [0.2, 0.25) is 0 Å². The average Bonchev–Trinajstić information content (AvgIpc) is 3.23. The number of hydrogen-bond donors (Lipinski definition) is 1. The molecule has 5 nitrogen and oxygen atoms in total. The summed E-state index contributed by atoms with van der Waals surface area (Å²) < 4.78 is 2.03. The first-order chi connectivity index (χ1) is 15.5. The summed E-state index contributed by atoms with van der Waals surface area (Å²) in [6.45, 7) is 6.00. The molecule has 1 heterocycles. The second-order valence-electron chi connectivity index (χ2n) is 7.85. The molecule has 0 bridgehead atoms. The second-order valence-corrected chi connectivity index (χ2v) is 8.79. The van der Waals surface area contributed by atoms with E-state index in [1.807, 2.05) is 60.9 Å². The standard InChI is InChI=1S/C26H26N4OS/c1-18-9-13-22(14-10-18)25(31)27-20(3)24-28-29-26(32-17-21-7-5-4-6-8-21)30(24)23-15-11-19(2)12-16-23/h4-16,20H,17H2,1-3H3,(H,27,31). The van der Waals surface area contributed by atoms with Gasteiger partial charge in [-0.15, -0.1) is 10.2 Å². The highest BCUT2D eigenvalue weighted by Crippen LogP contribution is 2.28. The lowest BCUT2D eigenvalue weighted by Gasteiger charge is -2.16. The van der Waals surface area contributed by atoms with Crippen molar-refractivity contribution >= 4 is 17.7 Å². The molecule has 0 aliphatic carbocycles. The number of carbonyl (C=O) groups excluding carboxylic acids is 1. The minimum absolute atomic E-state index is 0.130. The molecule has 0 aliphatic heterocycles. The summed E-state index contributed by atoms with van der Waals surface area (Å²) in [5.74, 6) is 1.36. The second kappa shape index (κ2) is 9.83. The first kappa shape index (κ1) is 21.8. The quantitative estimate of drug-likeness (QED) is 0.375. The van der Waals surface area contributed by atoms with E-state index in [2.05, 4.69) is 58.8 Å². The molecule has 1 unspecified atom stereocenters. The van der Waals surface area contributed by atoms with Gasteiger partial charge < -0.3 is 5.32 Å². The molecule has 3 aromatic carbocycles. The number of nitrogens with one attached hydrogen (secondary N) is 1. The predicted octanol–water partition coefficient (Wildman–Crippen LogP) is 5.67. The van der Waals surface area contributed by atoms with Crippen LogP contribution in [0, 0.1) is 13.8 Å². The lowest BCUT2D eigenvalue weighted by atomic mass is 10.1. The zero-order valence-electron chi connectivity index (χ0n) is 18.4. The Labute approximate surface area is 192 Å². The van der Waals surface area contributed by atoms with Crippen LogP contribution in [-0.4, -0.2) is 20.7 Å². The first-order valence-corrected chi connectivity index (χ1v) is 11.6. The van der Waals surface area contributed by atoms with E-state index in [1.54, 1.807) is 11.8 Å². The molecule has 162 valence electrons. The summed E-state index contributed by atoms with van der Waals surface area (Å²) >= 11 is 1.63. The van der Waals surface area contributed by atoms with Gasteiger partial charge >= 0.3 is 0 Å². The topological polar surface area (TPSA) is 59.8 Å². The lowest BCUT2D eigenvalue weighted by molar-refractivity contribution is 0.0938. The van der Waals surface area contributed by atoms with Gasteiger partial charge in [-0.2, -0.15) is 0 Å². The van der Waals surface area contributed by atoms with Gasteiger partial charge in [0.1, 0.15) is 0 Å². The molecule has 1 atom stereocenters. The molecule has 0 saturated carbocycles. The van der Waals surface area contributed by atoms with E-state index in [0.717, 1.165) is 22.2 Å². The molecule has 6 heteroatoms. The number of aryl methyl sites for hydroxylation is 2. The highest BCUT2D eigenvalue weighted by atomic mass is 32.2. The largest absolute Gasteiger partial charge is 0.342 e. The van der Waals surface area contributed by atoms with Crippen molar-refractivity contribution in [3.8, 4) is 5.69 Å². The van der Waals surface area contributed by atoms with Crippen LogP contribution in [0.5, 0.6) is 0 Å². The Hall–Kier alpha value is -3.38. The number of carbonyl (C=O) groups is 1. The fraction of sp³-hybridized carbons (Fsp3) is 0.192. The molecule has 1 amide bonds. The van der Waals surface area contributed by atoms with Crippen molar-refractivity contribution < 1.29 is 4.79 Å². The van der Waals surface area contributed by atoms with Crippen molar-refractivity contribution in [3.63, 3.8) is 0 Å². The van der Waals surface area contributed by atoms with Crippen molar-refractivity contribution in [3.05, 3.63) is 107 Å². The maximum absolute atomic E-state index is 12.8. The molecular formula is C26H26N4OS. The van der Waals surface area contributed by atoms with Gasteiger partial charge in [-0.1, -0.05) is 77.5 Å². The summed E-state index contributed by atoms with van der Waals surface area (Å²) in [7, 11) is 0. The van der Waals surface area contributed by atoms with E-state index in [-0.39, 0.29) is 11.9 Å². The van der Waals surface area contributed by atoms with Crippen LogP contribution in [0.25, 0.3) is 5.69 Å². The van der Waals surface area contributed by atoms with E-state index in [1.165, 1.54) is 11.1 Å². The zero-order chi connectivity index (χ0) is 22.5. The number of benzene rings is 3. The van der Waals surface area contributed by atoms with Gasteiger partial charge in [0.25, 0.3) is 5.91 Å². The molecule has 0 radical (unpaired) electrons. The average molecular weight is 443 g/mol. The van der Waals surface area contributed by atoms with E-state index in [0.29, 0.717) is 11.4 Å². The first-order valence-electron chi connectivity index (χ1n) is 10.6. The van der Waals surface area contributed by atoms with Crippen LogP contribution in [0.1, 0.15) is 45.8 Å². The molecule has 1 aromatic heterocycles. The highest BCUT2D eigenvalue weighted by molar-refractivity contribution is 7.98. The van der Waals surface area contributed by atoms with Gasteiger partial charge in [0.15, 0.2) is 11.0 Å². The van der Waals surface area contributed by atoms with Crippen molar-refractivity contribution in [1.82, 2.24) is 20.1 Å². The Bertz CT molecular complexity index is 1180. The summed E-state index contributed by atoms with van der Waals surface area (Å²) in [4.78, 5) is 12.8. The maximum atomic E-state index is 12.8. The fourth-order valence-corrected chi connectivity index (χ4v) is 4.28. The SMILES string of the molecule is Cc1ccc(C(=O)NC(C)c2nnc(SCc3ccccc3)n2-c2ccc(C)cc2)cc1. The van der Waals surface area contributed by atoms with E-state index in [4.69, 9.17) is 0 Å². The summed E-state index contributed by atoms with van der Waals surface area (Å²) in [6, 6.07) is 25.8. The van der Waals surface area contributed by atoms with E-state index >= 15 is 0 Å². The van der Waals surface area contributed by atoms with Crippen LogP contribution in [0.15, 0.2) is 84.0 Å². The van der Waals surface area contributed by atoms with Crippen LogP contribution >= 0.6 is 11.8 Å². The van der Waals surface area contributed by atoms with Crippen molar-refractivity contribution in [1.29, 1.82) is 0 Å². The van der Waals surface area contributed by atoms with Gasteiger partial charge in [0.2, 0.25) is 0 Å². The number of rotatable bonds is 7. The summed E-state index contributed by atoms with van der Waals surface area (Å²) in [5.41, 5.74) is 5.12. The predicted molar refractivity (Wildman–Crippen MR) is 129 cm³/mol. The highest BCUT2D eigenvalue weighted by Gasteiger charge is 2.21. The Balaban J connectivity index is 1.61. The Morgan fingerprint density at radius 3 is 2.19 bits per heavy atom. The Morgan fingerprint density at radius 2 is 1.53 bits per heavy atom. The number of amides is 1. The molecule has 0 fully saturated rings. The van der Waals surface area contributed by atoms with Crippen LogP contribution in [-0.2, 0) is 5.75 Å². The normalized spacial score (nSPS) is 11.8. The van der Waals surface area contributed by atoms with Gasteiger partial charge in [-0.3, -0.25) is 9.36 Å². The Morgan fingerprint density at radius 1 is 0.906 bits per heavy atom. The molecule has 0 spiro atoms. The number of nitrogens with zero attached hydrogens (tertiary/aromatic N) is 3. The fourth-order valence-electron chi connectivity index (χ4n) is 3.36. The zero-order valence-corrected chi connectivity index (χ0v) is 19.3. The molecule has 4 rings (SSSR count). The third-order valence-electron chi connectivity index (χ3n) is 5.21. The van der Waals surface area contributed by atoms with Gasteiger partial charge in [0, 0.05) is 17.0 Å². The smallest absolute Gasteiger partial charge is 0.251 e. The third kappa shape index (κ3) is 5.08. The van der Waals surface area contributed by atoms with Gasteiger partial charge in [-0.25, -0.2) is 0 Å². The molecule has 4 aromatic rings. The summed E-state index contributed by atoms with van der Waals surface area (Å²) in [5, 5.41) is 12.8. The molecular weight excluding hydrogens is 416 g/mol. The third-order valence-corrected chi connectivity index (χ3v) is 6.21. The minimum atomic E-state index is -0.316. The van der Waals surface area contributed by atoms with E-state index in [9.17, 15) is 4.79 Å². The maximum Gasteiger partial charge on any atom is 0.251 e. The molecule has 32 heavy (non-hydrogen) atoms. The molecule has 0 aliphatic rings. The van der Waals surface area contributed by atoms with Crippen molar-refractivity contribution in [2.75, 3.05) is 0 Å². The van der Waals surface area contributed by atoms with Gasteiger partial charge in [-0.05, 0) is 50.6 Å².